The highest BCUT2D eigenvalue weighted by Crippen LogP contribution is 2.24. The van der Waals surface area contributed by atoms with E-state index in [2.05, 4.69) is 19.2 Å². The van der Waals surface area contributed by atoms with Crippen LogP contribution in [-0.2, 0) is 11.2 Å². The molecular weight excluding hydrogens is 250 g/mol. The van der Waals surface area contributed by atoms with Crippen molar-refractivity contribution in [1.82, 2.24) is 15.3 Å². The van der Waals surface area contributed by atoms with Gasteiger partial charge in [0.15, 0.2) is 0 Å². The highest BCUT2D eigenvalue weighted by molar-refractivity contribution is 5.25. The lowest BCUT2D eigenvalue weighted by Crippen LogP contribution is -2.18. The molecule has 1 aromatic rings. The van der Waals surface area contributed by atoms with E-state index in [9.17, 15) is 0 Å². The number of rotatable bonds is 6. The van der Waals surface area contributed by atoms with Crippen LogP contribution in [-0.4, -0.2) is 35.8 Å². The van der Waals surface area contributed by atoms with Gasteiger partial charge in [-0.2, -0.15) is 0 Å². The van der Waals surface area contributed by atoms with Gasteiger partial charge in [0.1, 0.15) is 5.82 Å². The van der Waals surface area contributed by atoms with Crippen molar-refractivity contribution in [2.24, 2.45) is 0 Å². The van der Waals surface area contributed by atoms with Crippen molar-refractivity contribution in [3.05, 3.63) is 22.8 Å². The molecule has 0 aromatic carbocycles. The van der Waals surface area contributed by atoms with Crippen LogP contribution in [0.15, 0.2) is 0 Å². The van der Waals surface area contributed by atoms with Gasteiger partial charge >= 0.3 is 0 Å². The molecule has 1 unspecified atom stereocenters. The lowest BCUT2D eigenvalue weighted by molar-refractivity contribution is 0.193. The molecule has 2 heterocycles. The standard InChI is InChI=1S/C16H25N3O/c1-11-15(4-3-8-17-14-5-6-14)12(2)19-16(18-11)13-7-9-20-10-13/h13-14,17H,3-10H2,1-2H3. The summed E-state index contributed by atoms with van der Waals surface area (Å²) in [5, 5.41) is 3.56. The van der Waals surface area contributed by atoms with Crippen LogP contribution in [0.4, 0.5) is 0 Å². The summed E-state index contributed by atoms with van der Waals surface area (Å²) in [6, 6.07) is 0.804. The van der Waals surface area contributed by atoms with Crippen LogP contribution in [0.3, 0.4) is 0 Å². The third-order valence-electron chi connectivity index (χ3n) is 4.35. The fourth-order valence-corrected chi connectivity index (χ4v) is 2.91. The van der Waals surface area contributed by atoms with Crippen LogP contribution in [0.25, 0.3) is 0 Å². The molecule has 110 valence electrons. The van der Waals surface area contributed by atoms with Gasteiger partial charge in [-0.1, -0.05) is 0 Å². The van der Waals surface area contributed by atoms with Gasteiger partial charge in [0.2, 0.25) is 0 Å². The summed E-state index contributed by atoms with van der Waals surface area (Å²) < 4.78 is 5.44. The van der Waals surface area contributed by atoms with Gasteiger partial charge in [0, 0.05) is 30.0 Å². The van der Waals surface area contributed by atoms with E-state index in [1.54, 1.807) is 0 Å². The second kappa shape index (κ2) is 6.19. The summed E-state index contributed by atoms with van der Waals surface area (Å²) in [6.07, 6.45) is 6.04. The number of hydrogen-bond donors (Lipinski definition) is 1. The Balaban J connectivity index is 1.61. The van der Waals surface area contributed by atoms with E-state index in [0.717, 1.165) is 55.9 Å². The lowest BCUT2D eigenvalue weighted by Gasteiger charge is -2.13. The molecule has 1 saturated heterocycles. The van der Waals surface area contributed by atoms with Crippen molar-refractivity contribution >= 4 is 0 Å². The monoisotopic (exact) mass is 275 g/mol. The third kappa shape index (κ3) is 3.36. The Morgan fingerprint density at radius 2 is 1.90 bits per heavy atom. The molecule has 4 heteroatoms. The Labute approximate surface area is 121 Å². The molecule has 4 nitrogen and oxygen atoms in total. The second-order valence-corrected chi connectivity index (χ2v) is 6.12. The van der Waals surface area contributed by atoms with Crippen molar-refractivity contribution in [3.63, 3.8) is 0 Å². The minimum Gasteiger partial charge on any atom is -0.381 e. The number of aromatic nitrogens is 2. The van der Waals surface area contributed by atoms with E-state index in [4.69, 9.17) is 14.7 Å². The summed E-state index contributed by atoms with van der Waals surface area (Å²) in [6.45, 7) is 6.99. The van der Waals surface area contributed by atoms with Gasteiger partial charge < -0.3 is 10.1 Å². The first-order valence-corrected chi connectivity index (χ1v) is 7.89. The van der Waals surface area contributed by atoms with Gasteiger partial charge in [-0.15, -0.1) is 0 Å². The van der Waals surface area contributed by atoms with Crippen molar-refractivity contribution in [2.75, 3.05) is 19.8 Å². The second-order valence-electron chi connectivity index (χ2n) is 6.12. The Bertz CT molecular complexity index is 442. The average molecular weight is 275 g/mol. The molecule has 1 atom stereocenters. The zero-order chi connectivity index (χ0) is 13.9. The van der Waals surface area contributed by atoms with E-state index in [1.165, 1.54) is 24.8 Å². The molecule has 0 bridgehead atoms. The third-order valence-corrected chi connectivity index (χ3v) is 4.35. The topological polar surface area (TPSA) is 47.0 Å². The number of ether oxygens (including phenoxy) is 1. The smallest absolute Gasteiger partial charge is 0.134 e. The summed E-state index contributed by atoms with van der Waals surface area (Å²) in [5.41, 5.74) is 3.65. The van der Waals surface area contributed by atoms with Gasteiger partial charge in [0.25, 0.3) is 0 Å². The molecule has 1 aliphatic carbocycles. The fourth-order valence-electron chi connectivity index (χ4n) is 2.91. The molecule has 1 N–H and O–H groups in total. The average Bonchev–Trinajstić information content (AvgIpc) is 3.08. The molecule has 2 aliphatic rings. The first kappa shape index (κ1) is 14.0. The largest absolute Gasteiger partial charge is 0.381 e. The van der Waals surface area contributed by atoms with E-state index < -0.39 is 0 Å². The SMILES string of the molecule is Cc1nc(C2CCOC2)nc(C)c1CCCNC1CC1. The highest BCUT2D eigenvalue weighted by atomic mass is 16.5. The zero-order valence-electron chi connectivity index (χ0n) is 12.6. The van der Waals surface area contributed by atoms with Crippen LogP contribution >= 0.6 is 0 Å². The van der Waals surface area contributed by atoms with E-state index in [1.807, 2.05) is 0 Å². The number of aryl methyl sites for hydroxylation is 2. The quantitative estimate of drug-likeness (QED) is 0.809. The summed E-state index contributed by atoms with van der Waals surface area (Å²) in [5.74, 6) is 1.38. The van der Waals surface area contributed by atoms with Crippen molar-refractivity contribution in [1.29, 1.82) is 0 Å². The molecule has 2 fully saturated rings. The first-order valence-electron chi connectivity index (χ1n) is 7.89. The van der Waals surface area contributed by atoms with Crippen LogP contribution in [0.5, 0.6) is 0 Å². The Morgan fingerprint density at radius 3 is 2.50 bits per heavy atom. The molecule has 20 heavy (non-hydrogen) atoms. The van der Waals surface area contributed by atoms with Gasteiger partial charge in [0.05, 0.1) is 6.61 Å². The molecule has 1 aromatic heterocycles. The van der Waals surface area contributed by atoms with E-state index >= 15 is 0 Å². The normalized spacial score (nSPS) is 22.4. The molecular formula is C16H25N3O. The van der Waals surface area contributed by atoms with Crippen molar-refractivity contribution in [3.8, 4) is 0 Å². The molecule has 0 radical (unpaired) electrons. The van der Waals surface area contributed by atoms with Gasteiger partial charge in [-0.05, 0) is 58.1 Å². The van der Waals surface area contributed by atoms with Crippen LogP contribution in [0.1, 0.15) is 54.4 Å². The number of nitrogens with zero attached hydrogens (tertiary/aromatic N) is 2. The van der Waals surface area contributed by atoms with Gasteiger partial charge in [-0.25, -0.2) is 9.97 Å². The fraction of sp³-hybridized carbons (Fsp3) is 0.750. The molecule has 1 saturated carbocycles. The number of nitrogens with one attached hydrogen (secondary N) is 1. The molecule has 0 spiro atoms. The predicted molar refractivity (Wildman–Crippen MR) is 79.0 cm³/mol. The lowest BCUT2D eigenvalue weighted by atomic mass is 10.0. The van der Waals surface area contributed by atoms with Crippen LogP contribution < -0.4 is 5.32 Å². The van der Waals surface area contributed by atoms with Crippen molar-refractivity contribution in [2.45, 2.75) is 57.9 Å². The van der Waals surface area contributed by atoms with Gasteiger partial charge in [-0.3, -0.25) is 0 Å². The van der Waals surface area contributed by atoms with Crippen molar-refractivity contribution < 1.29 is 4.74 Å². The summed E-state index contributed by atoms with van der Waals surface area (Å²) >= 11 is 0. The Morgan fingerprint density at radius 1 is 1.15 bits per heavy atom. The van der Waals surface area contributed by atoms with Crippen LogP contribution in [0, 0.1) is 13.8 Å². The summed E-state index contributed by atoms with van der Waals surface area (Å²) in [4.78, 5) is 9.46. The Kier molecular flexibility index (Phi) is 4.32. The minimum absolute atomic E-state index is 0.401. The number of hydrogen-bond acceptors (Lipinski definition) is 4. The maximum absolute atomic E-state index is 5.44. The maximum atomic E-state index is 5.44. The zero-order valence-corrected chi connectivity index (χ0v) is 12.6. The van der Waals surface area contributed by atoms with E-state index in [-0.39, 0.29) is 0 Å². The molecule has 3 rings (SSSR count). The first-order chi connectivity index (χ1) is 9.74. The maximum Gasteiger partial charge on any atom is 0.134 e. The summed E-state index contributed by atoms with van der Waals surface area (Å²) in [7, 11) is 0. The highest BCUT2D eigenvalue weighted by Gasteiger charge is 2.22. The predicted octanol–water partition coefficient (Wildman–Crippen LogP) is 2.28. The Hall–Kier alpha value is -1.00. The molecule has 0 amide bonds. The molecule has 1 aliphatic heterocycles. The minimum atomic E-state index is 0.401. The van der Waals surface area contributed by atoms with Crippen LogP contribution in [0.2, 0.25) is 0 Å². The van der Waals surface area contributed by atoms with E-state index in [0.29, 0.717) is 5.92 Å².